The molecular weight excluding hydrogens is 283 g/mol. The number of rotatable bonds is 2. The van der Waals surface area contributed by atoms with Crippen LogP contribution in [0.15, 0.2) is 35.5 Å². The standard InChI is InChI=1S/C14H12Cl2N2O/c15-9-4-5-12(16)11(7-9)14(19)18-17-13-6-8-2-1-3-10(8)13/h1-2,4-5,7-8,10H,3,6H2,(H,18,19)/b17-13-/t8-,10+/m0/s1. The molecule has 0 unspecified atom stereocenters. The quantitative estimate of drug-likeness (QED) is 0.656. The third-order valence-electron chi connectivity index (χ3n) is 3.64. The molecule has 2 aliphatic rings. The number of hydrogen-bond donors (Lipinski definition) is 1. The first kappa shape index (κ1) is 12.7. The average Bonchev–Trinajstić information content (AvgIpc) is 2.74. The first-order chi connectivity index (χ1) is 9.15. The Morgan fingerprint density at radius 1 is 1.37 bits per heavy atom. The van der Waals surface area contributed by atoms with Gasteiger partial charge in [0.1, 0.15) is 0 Å². The SMILES string of the molecule is O=C(N/N=C1/C[C@@H]2C=CC[C@@H]12)c1cc(Cl)ccc1Cl. The molecule has 3 rings (SSSR count). The van der Waals surface area contributed by atoms with E-state index in [0.29, 0.717) is 27.4 Å². The molecule has 19 heavy (non-hydrogen) atoms. The van der Waals surface area contributed by atoms with E-state index in [0.717, 1.165) is 18.6 Å². The van der Waals surface area contributed by atoms with Gasteiger partial charge in [-0.05, 0) is 37.0 Å². The van der Waals surface area contributed by atoms with Crippen molar-refractivity contribution in [2.75, 3.05) is 0 Å². The highest BCUT2D eigenvalue weighted by Crippen LogP contribution is 2.40. The summed E-state index contributed by atoms with van der Waals surface area (Å²) >= 11 is 11.8. The zero-order chi connectivity index (χ0) is 13.4. The lowest BCUT2D eigenvalue weighted by Crippen LogP contribution is -2.35. The maximum atomic E-state index is 12.0. The summed E-state index contributed by atoms with van der Waals surface area (Å²) in [5.41, 5.74) is 3.96. The van der Waals surface area contributed by atoms with Crippen molar-refractivity contribution in [1.82, 2.24) is 5.43 Å². The molecule has 1 N–H and O–H groups in total. The molecular formula is C14H12Cl2N2O. The second kappa shape index (κ2) is 4.99. The minimum absolute atomic E-state index is 0.325. The number of nitrogens with zero attached hydrogens (tertiary/aromatic N) is 1. The van der Waals surface area contributed by atoms with E-state index in [-0.39, 0.29) is 5.91 Å². The highest BCUT2D eigenvalue weighted by Gasteiger charge is 2.38. The smallest absolute Gasteiger partial charge is 0.267 e. The topological polar surface area (TPSA) is 41.5 Å². The fourth-order valence-electron chi connectivity index (χ4n) is 2.52. The van der Waals surface area contributed by atoms with Crippen LogP contribution in [0, 0.1) is 11.8 Å². The van der Waals surface area contributed by atoms with Gasteiger partial charge in [0.15, 0.2) is 0 Å². The van der Waals surface area contributed by atoms with Gasteiger partial charge in [0.2, 0.25) is 0 Å². The minimum atomic E-state index is -0.325. The van der Waals surface area contributed by atoms with Crippen molar-refractivity contribution in [3.05, 3.63) is 46.0 Å². The van der Waals surface area contributed by atoms with Crippen molar-refractivity contribution in [3.63, 3.8) is 0 Å². The highest BCUT2D eigenvalue weighted by atomic mass is 35.5. The van der Waals surface area contributed by atoms with Crippen molar-refractivity contribution in [2.24, 2.45) is 16.9 Å². The van der Waals surface area contributed by atoms with E-state index in [1.165, 1.54) is 0 Å². The van der Waals surface area contributed by atoms with Crippen molar-refractivity contribution in [1.29, 1.82) is 0 Å². The first-order valence-electron chi connectivity index (χ1n) is 6.13. The zero-order valence-corrected chi connectivity index (χ0v) is 11.6. The second-order valence-corrected chi connectivity index (χ2v) is 5.65. The van der Waals surface area contributed by atoms with Crippen LogP contribution in [0.5, 0.6) is 0 Å². The summed E-state index contributed by atoms with van der Waals surface area (Å²) in [6, 6.07) is 4.79. The van der Waals surface area contributed by atoms with E-state index in [1.54, 1.807) is 18.2 Å². The summed E-state index contributed by atoms with van der Waals surface area (Å²) in [5, 5.41) is 5.04. The first-order valence-corrected chi connectivity index (χ1v) is 6.89. The highest BCUT2D eigenvalue weighted by molar-refractivity contribution is 6.35. The molecule has 0 spiro atoms. The van der Waals surface area contributed by atoms with E-state index in [1.807, 2.05) is 0 Å². The van der Waals surface area contributed by atoms with Crippen LogP contribution in [-0.4, -0.2) is 11.6 Å². The van der Waals surface area contributed by atoms with E-state index < -0.39 is 0 Å². The number of halogens is 2. The van der Waals surface area contributed by atoms with Crippen molar-refractivity contribution >= 4 is 34.8 Å². The van der Waals surface area contributed by atoms with E-state index in [9.17, 15) is 4.79 Å². The fraction of sp³-hybridized carbons (Fsp3) is 0.286. The number of amides is 1. The van der Waals surface area contributed by atoms with Crippen LogP contribution in [-0.2, 0) is 0 Å². The van der Waals surface area contributed by atoms with Crippen LogP contribution >= 0.6 is 23.2 Å². The summed E-state index contributed by atoms with van der Waals surface area (Å²) < 4.78 is 0. The van der Waals surface area contributed by atoms with Crippen molar-refractivity contribution < 1.29 is 4.79 Å². The largest absolute Gasteiger partial charge is 0.272 e. The van der Waals surface area contributed by atoms with Crippen LogP contribution in [0.2, 0.25) is 10.0 Å². The Labute approximate surface area is 121 Å². The normalized spacial score (nSPS) is 26.1. The van der Waals surface area contributed by atoms with E-state index in [2.05, 4.69) is 22.7 Å². The molecule has 1 fully saturated rings. The second-order valence-electron chi connectivity index (χ2n) is 4.81. The zero-order valence-electron chi connectivity index (χ0n) is 10.1. The Morgan fingerprint density at radius 3 is 3.00 bits per heavy atom. The van der Waals surface area contributed by atoms with Crippen molar-refractivity contribution in [2.45, 2.75) is 12.8 Å². The Bertz CT molecular complexity index is 595. The number of hydrazone groups is 1. The average molecular weight is 295 g/mol. The molecule has 1 aromatic rings. The molecule has 1 amide bonds. The van der Waals surface area contributed by atoms with Gasteiger partial charge in [0.05, 0.1) is 10.6 Å². The van der Waals surface area contributed by atoms with Gasteiger partial charge >= 0.3 is 0 Å². The maximum Gasteiger partial charge on any atom is 0.272 e. The Hall–Kier alpha value is -1.32. The summed E-state index contributed by atoms with van der Waals surface area (Å²) in [7, 11) is 0. The number of carbonyl (C=O) groups is 1. The van der Waals surface area contributed by atoms with Gasteiger partial charge in [-0.15, -0.1) is 0 Å². The van der Waals surface area contributed by atoms with Gasteiger partial charge in [0, 0.05) is 16.7 Å². The van der Waals surface area contributed by atoms with E-state index >= 15 is 0 Å². The number of benzene rings is 1. The van der Waals surface area contributed by atoms with Crippen molar-refractivity contribution in [3.8, 4) is 0 Å². The molecule has 98 valence electrons. The molecule has 5 heteroatoms. The molecule has 0 radical (unpaired) electrons. The number of fused-ring (bicyclic) bond motifs is 1. The Balaban J connectivity index is 1.69. The molecule has 0 heterocycles. The summed E-state index contributed by atoms with van der Waals surface area (Å²) in [4.78, 5) is 12.0. The summed E-state index contributed by atoms with van der Waals surface area (Å²) in [6.45, 7) is 0. The Kier molecular flexibility index (Phi) is 3.33. The maximum absolute atomic E-state index is 12.0. The molecule has 1 aromatic carbocycles. The molecule has 1 saturated carbocycles. The van der Waals surface area contributed by atoms with Gasteiger partial charge in [-0.3, -0.25) is 4.79 Å². The van der Waals surface area contributed by atoms with E-state index in [4.69, 9.17) is 23.2 Å². The number of hydrogen-bond acceptors (Lipinski definition) is 2. The van der Waals surface area contributed by atoms with Crippen LogP contribution in [0.1, 0.15) is 23.2 Å². The van der Waals surface area contributed by atoms with Gasteiger partial charge in [-0.2, -0.15) is 5.10 Å². The number of carbonyl (C=O) groups excluding carboxylic acids is 1. The lowest BCUT2D eigenvalue weighted by atomic mass is 9.74. The van der Waals surface area contributed by atoms with Gasteiger partial charge in [-0.1, -0.05) is 35.4 Å². The summed E-state index contributed by atoms with van der Waals surface area (Å²) in [6.07, 6.45) is 6.36. The third-order valence-corrected chi connectivity index (χ3v) is 4.20. The predicted octanol–water partition coefficient (Wildman–Crippen LogP) is 3.68. The van der Waals surface area contributed by atoms with Gasteiger partial charge in [0.25, 0.3) is 5.91 Å². The predicted molar refractivity (Wildman–Crippen MR) is 76.7 cm³/mol. The molecule has 0 saturated heterocycles. The lowest BCUT2D eigenvalue weighted by Gasteiger charge is -2.31. The third kappa shape index (κ3) is 2.40. The molecule has 0 aliphatic heterocycles. The fourth-order valence-corrected chi connectivity index (χ4v) is 2.89. The van der Waals surface area contributed by atoms with Crippen LogP contribution in [0.4, 0.5) is 0 Å². The number of allylic oxidation sites excluding steroid dienone is 2. The lowest BCUT2D eigenvalue weighted by molar-refractivity contribution is 0.0954. The van der Waals surface area contributed by atoms with Crippen LogP contribution in [0.3, 0.4) is 0 Å². The Morgan fingerprint density at radius 2 is 2.21 bits per heavy atom. The molecule has 0 bridgehead atoms. The molecule has 2 aliphatic carbocycles. The van der Waals surface area contributed by atoms with Gasteiger partial charge < -0.3 is 0 Å². The monoisotopic (exact) mass is 294 g/mol. The number of nitrogens with one attached hydrogen (secondary N) is 1. The minimum Gasteiger partial charge on any atom is -0.267 e. The van der Waals surface area contributed by atoms with Crippen LogP contribution in [0.25, 0.3) is 0 Å². The summed E-state index contributed by atoms with van der Waals surface area (Å²) in [5.74, 6) is 0.773. The van der Waals surface area contributed by atoms with Gasteiger partial charge in [-0.25, -0.2) is 5.43 Å². The molecule has 2 atom stereocenters. The van der Waals surface area contributed by atoms with Crippen LogP contribution < -0.4 is 5.43 Å². The molecule has 0 aromatic heterocycles. The molecule has 3 nitrogen and oxygen atoms in total.